The number of nitrogens with zero attached hydrogens (tertiary/aromatic N) is 3. The van der Waals surface area contributed by atoms with Crippen LogP contribution in [0.15, 0.2) is 47.3 Å². The van der Waals surface area contributed by atoms with E-state index in [4.69, 9.17) is 14.5 Å². The molecule has 0 bridgehead atoms. The van der Waals surface area contributed by atoms with Crippen molar-refractivity contribution in [3.8, 4) is 11.5 Å². The van der Waals surface area contributed by atoms with Gasteiger partial charge in [-0.05, 0) is 37.6 Å². The van der Waals surface area contributed by atoms with Crippen LogP contribution in [0.5, 0.6) is 11.5 Å². The van der Waals surface area contributed by atoms with E-state index in [9.17, 15) is 9.59 Å². The molecule has 0 aliphatic rings. The van der Waals surface area contributed by atoms with Crippen LogP contribution < -0.4 is 20.3 Å². The summed E-state index contributed by atoms with van der Waals surface area (Å²) >= 11 is 0. The molecule has 0 saturated heterocycles. The van der Waals surface area contributed by atoms with Crippen LogP contribution in [0.4, 0.5) is 10.5 Å². The maximum Gasteiger partial charge on any atom is 0.322 e. The summed E-state index contributed by atoms with van der Waals surface area (Å²) < 4.78 is 12.2. The molecule has 0 aliphatic carbocycles. The molecule has 0 saturated carbocycles. The van der Waals surface area contributed by atoms with E-state index >= 15 is 0 Å². The van der Waals surface area contributed by atoms with Crippen LogP contribution in [0.2, 0.25) is 0 Å². The van der Waals surface area contributed by atoms with Crippen LogP contribution in [0.3, 0.4) is 0 Å². The van der Waals surface area contributed by atoms with E-state index in [2.05, 4.69) is 5.32 Å². The fraction of sp³-hybridized carbons (Fsp3) is 0.348. The number of benzene rings is 2. The first-order valence-electron chi connectivity index (χ1n) is 10.2. The molecule has 8 nitrogen and oxygen atoms in total. The Morgan fingerprint density at radius 1 is 1.19 bits per heavy atom. The maximum atomic E-state index is 13.0. The van der Waals surface area contributed by atoms with Crippen LogP contribution >= 0.6 is 0 Å². The number of carbonyl (C=O) groups excluding carboxylic acids is 1. The largest absolute Gasteiger partial charge is 0.497 e. The van der Waals surface area contributed by atoms with Gasteiger partial charge in [-0.25, -0.2) is 9.78 Å². The zero-order valence-corrected chi connectivity index (χ0v) is 18.5. The number of urea groups is 1. The molecule has 3 rings (SSSR count). The Balaban J connectivity index is 1.93. The normalized spacial score (nSPS) is 11.8. The summed E-state index contributed by atoms with van der Waals surface area (Å²) in [5.74, 6) is 1.66. The van der Waals surface area contributed by atoms with Gasteiger partial charge in [-0.1, -0.05) is 19.1 Å². The standard InChI is InChI=1S/C23H28N4O4/c1-6-13-27-21(24-18-10-8-7-9-17(18)22(27)28)15(2)26(3)23(29)25-19-12-11-16(30-4)14-20(19)31-5/h7-12,14-15H,6,13H2,1-5H3,(H,25,29). The van der Waals surface area contributed by atoms with Gasteiger partial charge in [-0.2, -0.15) is 0 Å². The number of aromatic nitrogens is 2. The van der Waals surface area contributed by atoms with Crippen LogP contribution in [0, 0.1) is 0 Å². The number of para-hydroxylation sites is 1. The number of rotatable bonds is 7. The molecule has 164 valence electrons. The lowest BCUT2D eigenvalue weighted by atomic mass is 10.2. The molecule has 8 heteroatoms. The highest BCUT2D eigenvalue weighted by Crippen LogP contribution is 2.30. The second kappa shape index (κ2) is 9.51. The van der Waals surface area contributed by atoms with Crippen LogP contribution in [-0.2, 0) is 6.54 Å². The lowest BCUT2D eigenvalue weighted by Gasteiger charge is -2.27. The quantitative estimate of drug-likeness (QED) is 0.618. The predicted molar refractivity (Wildman–Crippen MR) is 121 cm³/mol. The van der Waals surface area contributed by atoms with E-state index < -0.39 is 6.04 Å². The van der Waals surface area contributed by atoms with Crippen molar-refractivity contribution >= 4 is 22.6 Å². The van der Waals surface area contributed by atoms with Crippen molar-refractivity contribution in [2.45, 2.75) is 32.9 Å². The van der Waals surface area contributed by atoms with Crippen LogP contribution in [-0.4, -0.2) is 41.7 Å². The Morgan fingerprint density at radius 3 is 2.61 bits per heavy atom. The molecule has 1 unspecified atom stereocenters. The van der Waals surface area contributed by atoms with Crippen molar-refractivity contribution < 1.29 is 14.3 Å². The van der Waals surface area contributed by atoms with E-state index in [0.29, 0.717) is 40.5 Å². The molecule has 31 heavy (non-hydrogen) atoms. The van der Waals surface area contributed by atoms with Crippen LogP contribution in [0.25, 0.3) is 10.9 Å². The number of carbonyl (C=O) groups is 1. The molecule has 2 amide bonds. The van der Waals surface area contributed by atoms with Gasteiger partial charge >= 0.3 is 6.03 Å². The summed E-state index contributed by atoms with van der Waals surface area (Å²) in [5.41, 5.74) is 1.04. The Labute approximate surface area is 181 Å². The summed E-state index contributed by atoms with van der Waals surface area (Å²) in [6.07, 6.45) is 0.776. The first-order chi connectivity index (χ1) is 14.9. The minimum atomic E-state index is -0.437. The highest BCUT2D eigenvalue weighted by molar-refractivity contribution is 5.91. The van der Waals surface area contributed by atoms with E-state index in [1.807, 2.05) is 32.0 Å². The Bertz CT molecular complexity index is 1140. The highest BCUT2D eigenvalue weighted by atomic mass is 16.5. The highest BCUT2D eigenvalue weighted by Gasteiger charge is 2.24. The molecule has 1 N–H and O–H groups in total. The molecule has 1 atom stereocenters. The third-order valence-corrected chi connectivity index (χ3v) is 5.26. The topological polar surface area (TPSA) is 85.7 Å². The van der Waals surface area contributed by atoms with Gasteiger partial charge in [0.1, 0.15) is 17.3 Å². The first kappa shape index (κ1) is 22.1. The number of amides is 2. The zero-order chi connectivity index (χ0) is 22.5. The first-order valence-corrected chi connectivity index (χ1v) is 10.2. The summed E-state index contributed by atoms with van der Waals surface area (Å²) in [5, 5.41) is 3.43. The molecule has 0 spiro atoms. The van der Waals surface area contributed by atoms with Gasteiger partial charge < -0.3 is 19.7 Å². The Kier molecular flexibility index (Phi) is 6.79. The molecule has 3 aromatic rings. The van der Waals surface area contributed by atoms with Gasteiger partial charge in [-0.3, -0.25) is 9.36 Å². The van der Waals surface area contributed by atoms with E-state index in [1.54, 1.807) is 43.0 Å². The Hall–Kier alpha value is -3.55. The number of nitrogens with one attached hydrogen (secondary N) is 1. The van der Waals surface area contributed by atoms with Crippen molar-refractivity contribution in [2.75, 3.05) is 26.6 Å². The molecule has 0 fully saturated rings. The number of fused-ring (bicyclic) bond motifs is 1. The smallest absolute Gasteiger partial charge is 0.322 e. The monoisotopic (exact) mass is 424 g/mol. The second-order valence-corrected chi connectivity index (χ2v) is 7.23. The zero-order valence-electron chi connectivity index (χ0n) is 18.5. The minimum Gasteiger partial charge on any atom is -0.497 e. The molecule has 2 aromatic carbocycles. The predicted octanol–water partition coefficient (Wildman–Crippen LogP) is 4.05. The minimum absolute atomic E-state index is 0.0973. The SMILES string of the molecule is CCCn1c(C(C)N(C)C(=O)Nc2ccc(OC)cc2OC)nc2ccccc2c1=O. The second-order valence-electron chi connectivity index (χ2n) is 7.23. The van der Waals surface area contributed by atoms with E-state index in [-0.39, 0.29) is 11.6 Å². The van der Waals surface area contributed by atoms with E-state index in [0.717, 1.165) is 6.42 Å². The summed E-state index contributed by atoms with van der Waals surface area (Å²) in [6.45, 7) is 4.38. The van der Waals surface area contributed by atoms with E-state index in [1.165, 1.54) is 12.0 Å². The van der Waals surface area contributed by atoms with Crippen molar-refractivity contribution in [1.82, 2.24) is 14.5 Å². The van der Waals surface area contributed by atoms with Crippen molar-refractivity contribution in [1.29, 1.82) is 0 Å². The third-order valence-electron chi connectivity index (χ3n) is 5.26. The van der Waals surface area contributed by atoms with Gasteiger partial charge in [0.2, 0.25) is 0 Å². The number of hydrogen-bond acceptors (Lipinski definition) is 5. The number of anilines is 1. The molecular weight excluding hydrogens is 396 g/mol. The molecule has 1 heterocycles. The number of methoxy groups -OCH3 is 2. The Morgan fingerprint density at radius 2 is 1.94 bits per heavy atom. The van der Waals surface area contributed by atoms with Gasteiger partial charge in [-0.15, -0.1) is 0 Å². The number of ether oxygens (including phenoxy) is 2. The summed E-state index contributed by atoms with van der Waals surface area (Å²) in [7, 11) is 4.77. The molecule has 0 radical (unpaired) electrons. The third kappa shape index (κ3) is 4.47. The summed E-state index contributed by atoms with van der Waals surface area (Å²) in [6, 6.07) is 11.6. The van der Waals surface area contributed by atoms with Crippen LogP contribution in [0.1, 0.15) is 32.1 Å². The maximum absolute atomic E-state index is 13.0. The van der Waals surface area contributed by atoms with Gasteiger partial charge in [0.05, 0.1) is 36.9 Å². The molecular formula is C23H28N4O4. The summed E-state index contributed by atoms with van der Waals surface area (Å²) in [4.78, 5) is 32.3. The fourth-order valence-corrected chi connectivity index (χ4v) is 3.40. The van der Waals surface area contributed by atoms with Crippen molar-refractivity contribution in [3.05, 3.63) is 58.6 Å². The number of hydrogen-bond donors (Lipinski definition) is 1. The van der Waals surface area contributed by atoms with Crippen molar-refractivity contribution in [2.24, 2.45) is 0 Å². The van der Waals surface area contributed by atoms with Gasteiger partial charge in [0.25, 0.3) is 5.56 Å². The average Bonchev–Trinajstić information content (AvgIpc) is 2.80. The lowest BCUT2D eigenvalue weighted by molar-refractivity contribution is 0.204. The average molecular weight is 425 g/mol. The van der Waals surface area contributed by atoms with Gasteiger partial charge in [0.15, 0.2) is 0 Å². The van der Waals surface area contributed by atoms with Gasteiger partial charge in [0, 0.05) is 19.7 Å². The van der Waals surface area contributed by atoms with Crippen molar-refractivity contribution in [3.63, 3.8) is 0 Å². The molecule has 1 aromatic heterocycles. The fourth-order valence-electron chi connectivity index (χ4n) is 3.40. The molecule has 0 aliphatic heterocycles. The lowest BCUT2D eigenvalue weighted by Crippen LogP contribution is -2.37.